The molecule has 0 radical (unpaired) electrons. The van der Waals surface area contributed by atoms with Crippen LogP contribution in [0.4, 0.5) is 0 Å². The fourth-order valence-corrected chi connectivity index (χ4v) is 8.38. The number of rotatable bonds is 38. The molecule has 348 valence electrons. The Morgan fingerprint density at radius 3 is 1.46 bits per heavy atom. The van der Waals surface area contributed by atoms with Crippen LogP contribution < -0.4 is 5.32 Å². The smallest absolute Gasteiger partial charge is 0.393 e. The van der Waals surface area contributed by atoms with E-state index in [-0.39, 0.29) is 6.42 Å². The molecule has 8 unspecified atom stereocenters. The molecule has 0 saturated heterocycles. The monoisotopic (exact) mass is 864 g/mol. The molecule has 0 spiro atoms. The van der Waals surface area contributed by atoms with Crippen molar-refractivity contribution in [2.45, 2.75) is 249 Å². The highest BCUT2D eigenvalue weighted by molar-refractivity contribution is 7.47. The maximum absolute atomic E-state index is 13.0. The van der Waals surface area contributed by atoms with Gasteiger partial charge in [-0.25, -0.2) is 4.57 Å². The van der Waals surface area contributed by atoms with Gasteiger partial charge in [0, 0.05) is 0 Å². The number of hydrogen-bond acceptors (Lipinski definition) is 11. The Morgan fingerprint density at radius 1 is 0.593 bits per heavy atom. The highest BCUT2D eigenvalue weighted by Crippen LogP contribution is 2.47. The molecule has 14 heteroatoms. The predicted octanol–water partition coefficient (Wildman–Crippen LogP) is 7.59. The molecule has 1 saturated carbocycles. The lowest BCUT2D eigenvalue weighted by Gasteiger charge is -2.41. The van der Waals surface area contributed by atoms with Gasteiger partial charge in [0.25, 0.3) is 0 Å². The van der Waals surface area contributed by atoms with Crippen molar-refractivity contribution < 1.29 is 59.0 Å². The Balaban J connectivity index is 2.57. The highest BCUT2D eigenvalue weighted by atomic mass is 31.2. The van der Waals surface area contributed by atoms with Crippen molar-refractivity contribution in [3.05, 3.63) is 24.3 Å². The maximum atomic E-state index is 13.0. The second-order valence-corrected chi connectivity index (χ2v) is 18.2. The average molecular weight is 864 g/mol. The zero-order chi connectivity index (χ0) is 43.7. The Morgan fingerprint density at radius 2 is 0.983 bits per heavy atom. The summed E-state index contributed by atoms with van der Waals surface area (Å²) in [6.45, 7) is 3.72. The van der Waals surface area contributed by atoms with Gasteiger partial charge in [-0.15, -0.1) is 0 Å². The molecular weight excluding hydrogens is 777 g/mol. The number of allylic oxidation sites excluding steroid dienone is 3. The standard InChI is InChI=1S/C45H86NO12P/c1-3-5-7-9-11-13-15-17-18-19-21-23-25-27-29-31-33-38(48)37(35-57-59(55,56)58-45-43(53)41(51)40(50)42(52)44(45)54)46-39(49)34-36(47)32-30-28-26-24-22-20-16-14-12-10-8-6-4-2/h14,16,31,33,36-38,40-45,47-48,50-54H,3-13,15,17-30,32,34-35H2,1-2H3,(H,46,49)(H,55,56)/b16-14-,33-31+. The zero-order valence-electron chi connectivity index (χ0n) is 36.7. The summed E-state index contributed by atoms with van der Waals surface area (Å²) in [6, 6.07) is -1.24. The molecule has 0 aliphatic heterocycles. The molecule has 0 aromatic carbocycles. The number of phosphoric ester groups is 1. The number of amides is 1. The van der Waals surface area contributed by atoms with Gasteiger partial charge in [-0.2, -0.15) is 0 Å². The molecule has 0 aromatic rings. The van der Waals surface area contributed by atoms with Gasteiger partial charge >= 0.3 is 7.82 Å². The van der Waals surface area contributed by atoms with Crippen molar-refractivity contribution >= 4 is 13.7 Å². The van der Waals surface area contributed by atoms with Gasteiger partial charge in [-0.3, -0.25) is 13.8 Å². The van der Waals surface area contributed by atoms with Gasteiger partial charge in [0.2, 0.25) is 5.91 Å². The molecule has 13 nitrogen and oxygen atoms in total. The molecule has 59 heavy (non-hydrogen) atoms. The van der Waals surface area contributed by atoms with Gasteiger partial charge in [0.1, 0.15) is 36.6 Å². The Bertz CT molecular complexity index is 1110. The summed E-state index contributed by atoms with van der Waals surface area (Å²) in [5, 5.41) is 74.4. The van der Waals surface area contributed by atoms with Crippen LogP contribution >= 0.6 is 7.82 Å². The van der Waals surface area contributed by atoms with E-state index in [0.717, 1.165) is 64.2 Å². The number of phosphoric acid groups is 1. The summed E-state index contributed by atoms with van der Waals surface area (Å²) in [5.41, 5.74) is 0. The van der Waals surface area contributed by atoms with Crippen LogP contribution in [0.15, 0.2) is 24.3 Å². The van der Waals surface area contributed by atoms with E-state index in [2.05, 4.69) is 31.3 Å². The van der Waals surface area contributed by atoms with Crippen LogP contribution in [-0.2, 0) is 18.4 Å². The number of hydrogen-bond donors (Lipinski definition) is 9. The molecule has 1 rings (SSSR count). The van der Waals surface area contributed by atoms with Gasteiger partial charge in [0.15, 0.2) is 0 Å². The zero-order valence-corrected chi connectivity index (χ0v) is 37.6. The van der Waals surface area contributed by atoms with Crippen molar-refractivity contribution in [2.24, 2.45) is 0 Å². The van der Waals surface area contributed by atoms with Crippen molar-refractivity contribution in [3.8, 4) is 0 Å². The predicted molar refractivity (Wildman–Crippen MR) is 234 cm³/mol. The van der Waals surface area contributed by atoms with Crippen LogP contribution in [0.1, 0.15) is 194 Å². The van der Waals surface area contributed by atoms with E-state index < -0.39 is 75.2 Å². The van der Waals surface area contributed by atoms with Crippen LogP contribution in [0.2, 0.25) is 0 Å². The first kappa shape index (κ1) is 55.8. The Kier molecular flexibility index (Phi) is 33.3. The second kappa shape index (κ2) is 35.3. The summed E-state index contributed by atoms with van der Waals surface area (Å²) >= 11 is 0. The summed E-state index contributed by atoms with van der Waals surface area (Å²) in [6.07, 6.45) is 24.1. The van der Waals surface area contributed by atoms with Crippen LogP contribution in [0.25, 0.3) is 0 Å². The quantitative estimate of drug-likeness (QED) is 0.0166. The first-order valence-corrected chi connectivity index (χ1v) is 24.9. The molecule has 9 N–H and O–H groups in total. The minimum absolute atomic E-state index is 0.249. The van der Waals surface area contributed by atoms with Crippen LogP contribution in [0.3, 0.4) is 0 Å². The SMILES string of the molecule is CCCCCC/C=C\CCCCCCCC(O)CC(=O)NC(COP(=O)(O)OC1C(O)C(O)C(O)C(O)C1O)C(O)/C=C/CCCCCCCCCCCCCCCC. The molecule has 1 aliphatic carbocycles. The lowest BCUT2D eigenvalue weighted by molar-refractivity contribution is -0.220. The van der Waals surface area contributed by atoms with Gasteiger partial charge < -0.3 is 46.0 Å². The number of carbonyl (C=O) groups excluding carboxylic acids is 1. The number of carbonyl (C=O) groups is 1. The van der Waals surface area contributed by atoms with Gasteiger partial charge in [0.05, 0.1) is 31.3 Å². The molecule has 0 bridgehead atoms. The number of unbranched alkanes of at least 4 members (excludes halogenated alkanes) is 23. The number of nitrogens with one attached hydrogen (secondary N) is 1. The third kappa shape index (κ3) is 27.5. The first-order valence-electron chi connectivity index (χ1n) is 23.4. The minimum Gasteiger partial charge on any atom is -0.393 e. The first-order chi connectivity index (χ1) is 28.3. The van der Waals surface area contributed by atoms with E-state index in [9.17, 15) is 50.0 Å². The second-order valence-electron chi connectivity index (χ2n) is 16.8. The lowest BCUT2D eigenvalue weighted by Crippen LogP contribution is -2.64. The van der Waals surface area contributed by atoms with Crippen LogP contribution in [0.5, 0.6) is 0 Å². The molecule has 0 heterocycles. The van der Waals surface area contributed by atoms with Crippen molar-refractivity contribution in [3.63, 3.8) is 0 Å². The minimum atomic E-state index is -5.14. The van der Waals surface area contributed by atoms with Crippen LogP contribution in [-0.4, -0.2) is 108 Å². The van der Waals surface area contributed by atoms with Gasteiger partial charge in [-0.1, -0.05) is 167 Å². The summed E-state index contributed by atoms with van der Waals surface area (Å²) < 4.78 is 22.9. The molecular formula is C45H86NO12P. The third-order valence-electron chi connectivity index (χ3n) is 11.3. The fourth-order valence-electron chi connectivity index (χ4n) is 7.41. The number of aliphatic hydroxyl groups excluding tert-OH is 7. The van der Waals surface area contributed by atoms with Crippen molar-refractivity contribution in [2.75, 3.05) is 6.61 Å². The third-order valence-corrected chi connectivity index (χ3v) is 12.3. The normalized spacial score (nSPS) is 23.8. The van der Waals surface area contributed by atoms with Crippen LogP contribution in [0, 0.1) is 0 Å². The molecule has 1 amide bonds. The van der Waals surface area contributed by atoms with E-state index in [0.29, 0.717) is 12.8 Å². The highest BCUT2D eigenvalue weighted by Gasteiger charge is 2.51. The fraction of sp³-hybridized carbons (Fsp3) is 0.889. The summed E-state index contributed by atoms with van der Waals surface area (Å²) in [7, 11) is -5.14. The summed E-state index contributed by atoms with van der Waals surface area (Å²) in [4.78, 5) is 23.4. The molecule has 8 atom stereocenters. The van der Waals surface area contributed by atoms with Gasteiger partial charge in [-0.05, 0) is 44.9 Å². The van der Waals surface area contributed by atoms with Crippen molar-refractivity contribution in [1.82, 2.24) is 5.32 Å². The molecule has 1 aliphatic rings. The number of aliphatic hydroxyl groups is 7. The Labute approximate surface area is 356 Å². The topological polar surface area (TPSA) is 226 Å². The Hall–Kier alpha value is -1.22. The average Bonchev–Trinajstić information content (AvgIpc) is 3.21. The molecule has 0 aromatic heterocycles. The van der Waals surface area contributed by atoms with E-state index in [1.807, 2.05) is 0 Å². The summed E-state index contributed by atoms with van der Waals surface area (Å²) in [5.74, 6) is -0.598. The maximum Gasteiger partial charge on any atom is 0.472 e. The molecule has 1 fully saturated rings. The van der Waals surface area contributed by atoms with E-state index in [4.69, 9.17) is 9.05 Å². The van der Waals surface area contributed by atoms with Crippen molar-refractivity contribution in [1.29, 1.82) is 0 Å². The largest absolute Gasteiger partial charge is 0.472 e. The lowest BCUT2D eigenvalue weighted by atomic mass is 9.85. The van der Waals surface area contributed by atoms with E-state index in [1.54, 1.807) is 6.08 Å². The van der Waals surface area contributed by atoms with E-state index in [1.165, 1.54) is 102 Å². The van der Waals surface area contributed by atoms with E-state index >= 15 is 0 Å².